The van der Waals surface area contributed by atoms with E-state index in [4.69, 9.17) is 23.7 Å². The van der Waals surface area contributed by atoms with Crippen LogP contribution in [0.25, 0.3) is 0 Å². The van der Waals surface area contributed by atoms with Crippen LogP contribution < -0.4 is 20.1 Å². The lowest BCUT2D eigenvalue weighted by Gasteiger charge is -2.31. The van der Waals surface area contributed by atoms with Gasteiger partial charge in [0.15, 0.2) is 13.2 Å². The van der Waals surface area contributed by atoms with E-state index in [2.05, 4.69) is 30.2 Å². The lowest BCUT2D eigenvalue weighted by atomic mass is 9.94. The van der Waals surface area contributed by atoms with Crippen LogP contribution in [0.3, 0.4) is 0 Å². The van der Waals surface area contributed by atoms with Gasteiger partial charge < -0.3 is 48.7 Å². The lowest BCUT2D eigenvalue weighted by molar-refractivity contribution is -0.158. The number of hydrogen-bond donors (Lipinski definition) is 2. The largest absolute Gasteiger partial charge is 0.468 e. The molecule has 4 aliphatic rings. The van der Waals surface area contributed by atoms with E-state index in [0.29, 0.717) is 32.5 Å². The molecule has 2 aromatic heterocycles. The highest BCUT2D eigenvalue weighted by atomic mass is 19.4. The Bertz CT molecular complexity index is 1840. The average Bonchev–Trinajstić information content (AvgIpc) is 3.59. The Labute approximate surface area is 389 Å². The van der Waals surface area contributed by atoms with Gasteiger partial charge in [-0.1, -0.05) is 12.1 Å². The standard InChI is InChI=1S/C24H35F3N2O4.C12H21NO4.C11H13F3N2O/c1-23(2,3)33-22(30)14-17-4-6-19(31-15-17)9-12-29-11-8-18-5-7-21(28-20(18)10-13-29)32-16-24(25,26)27;1-12(2,3)17-11(15)13-9-4-5-10(6-7-14)16-8-9;12-11(13,14)7-17-10-2-1-8-3-5-15-6-4-9(8)16-10/h5,7,17,19H,4,6,8-16H2,1-3H3;7,9-10H,4-6,8H2,1-3H3,(H,13,15);1-2,15H,3-7H2/t17-,19-;9?,10-;/m11./s1. The number of esters is 1. The number of nitrogens with one attached hydrogen (secondary N) is 2. The minimum absolute atomic E-state index is 0.00388. The summed E-state index contributed by atoms with van der Waals surface area (Å²) in [7, 11) is 0. The number of rotatable bonds is 12. The predicted octanol–water partition coefficient (Wildman–Crippen LogP) is 7.70. The molecule has 2 saturated heterocycles. The molecule has 4 aliphatic heterocycles. The third-order valence-corrected chi connectivity index (χ3v) is 10.9. The van der Waals surface area contributed by atoms with Crippen LogP contribution in [-0.2, 0) is 54.2 Å². The summed E-state index contributed by atoms with van der Waals surface area (Å²) in [4.78, 5) is 44.6. The van der Waals surface area contributed by atoms with Crippen molar-refractivity contribution in [3.8, 4) is 11.8 Å². The number of carbonyl (C=O) groups excluding carboxylic acids is 3. The van der Waals surface area contributed by atoms with E-state index in [1.807, 2.05) is 47.6 Å². The molecule has 14 nitrogen and oxygen atoms in total. The molecule has 2 aromatic rings. The highest BCUT2D eigenvalue weighted by molar-refractivity contribution is 5.70. The number of ether oxygens (including phenoxy) is 6. The van der Waals surface area contributed by atoms with Crippen LogP contribution in [0.5, 0.6) is 11.8 Å². The van der Waals surface area contributed by atoms with Gasteiger partial charge in [-0.3, -0.25) is 4.79 Å². The molecule has 0 saturated carbocycles. The van der Waals surface area contributed by atoms with Crippen molar-refractivity contribution in [1.29, 1.82) is 0 Å². The van der Waals surface area contributed by atoms with Crippen LogP contribution in [0.1, 0.15) is 109 Å². The molecule has 67 heavy (non-hydrogen) atoms. The monoisotopic (exact) mass is 961 g/mol. The summed E-state index contributed by atoms with van der Waals surface area (Å²) in [5, 5.41) is 5.97. The first-order valence-electron chi connectivity index (χ1n) is 23.1. The summed E-state index contributed by atoms with van der Waals surface area (Å²) in [6.07, 6.45) is 0.256. The highest BCUT2D eigenvalue weighted by Gasteiger charge is 2.31. The Balaban J connectivity index is 0.000000242. The molecule has 1 amide bonds. The van der Waals surface area contributed by atoms with Crippen molar-refractivity contribution in [3.63, 3.8) is 0 Å². The topological polar surface area (TPSA) is 160 Å². The number of amides is 1. The minimum Gasteiger partial charge on any atom is -0.468 e. The van der Waals surface area contributed by atoms with Crippen LogP contribution >= 0.6 is 0 Å². The molecule has 0 radical (unpaired) electrons. The molecule has 378 valence electrons. The lowest BCUT2D eigenvalue weighted by Crippen LogP contribution is -2.44. The average molecular weight is 962 g/mol. The minimum atomic E-state index is -4.37. The van der Waals surface area contributed by atoms with Gasteiger partial charge in [-0.05, 0) is 110 Å². The summed E-state index contributed by atoms with van der Waals surface area (Å²) in [6, 6.07) is 6.61. The summed E-state index contributed by atoms with van der Waals surface area (Å²) in [5.74, 6) is 0.113. The van der Waals surface area contributed by atoms with Gasteiger partial charge in [-0.15, -0.1) is 0 Å². The van der Waals surface area contributed by atoms with E-state index in [1.54, 1.807) is 6.07 Å². The molecule has 2 N–H and O–H groups in total. The first kappa shape index (κ1) is 55.3. The van der Waals surface area contributed by atoms with Gasteiger partial charge in [-0.25, -0.2) is 14.8 Å². The fourth-order valence-electron chi connectivity index (χ4n) is 7.70. The van der Waals surface area contributed by atoms with E-state index < -0.39 is 42.9 Å². The van der Waals surface area contributed by atoms with Gasteiger partial charge in [0.2, 0.25) is 11.8 Å². The first-order chi connectivity index (χ1) is 31.4. The molecular weight excluding hydrogens is 893 g/mol. The summed E-state index contributed by atoms with van der Waals surface area (Å²) in [5.41, 5.74) is 2.84. The molecule has 0 bridgehead atoms. The second kappa shape index (κ2) is 25.9. The number of halogens is 6. The maximum atomic E-state index is 12.4. The summed E-state index contributed by atoms with van der Waals surface area (Å²) < 4.78 is 105. The van der Waals surface area contributed by atoms with Crippen LogP contribution in [0.2, 0.25) is 0 Å². The van der Waals surface area contributed by atoms with E-state index in [9.17, 15) is 40.7 Å². The fraction of sp³-hybridized carbons (Fsp3) is 0.723. The molecule has 0 aliphatic carbocycles. The number of aldehydes is 1. The molecular formula is C47H69F6N5O9. The Morgan fingerprint density at radius 2 is 1.31 bits per heavy atom. The van der Waals surface area contributed by atoms with Crippen LogP contribution in [-0.4, -0.2) is 134 Å². The smallest absolute Gasteiger partial charge is 0.422 e. The van der Waals surface area contributed by atoms with Crippen molar-refractivity contribution in [2.75, 3.05) is 59.2 Å². The number of pyridine rings is 2. The van der Waals surface area contributed by atoms with Gasteiger partial charge in [0.05, 0.1) is 37.9 Å². The van der Waals surface area contributed by atoms with E-state index in [1.165, 1.54) is 12.1 Å². The molecule has 0 spiro atoms. The van der Waals surface area contributed by atoms with Crippen molar-refractivity contribution in [2.24, 2.45) is 5.92 Å². The Morgan fingerprint density at radius 3 is 1.87 bits per heavy atom. The maximum Gasteiger partial charge on any atom is 0.422 e. The number of aromatic nitrogens is 2. The number of alkyl carbamates (subject to hydrolysis) is 1. The van der Waals surface area contributed by atoms with E-state index in [0.717, 1.165) is 113 Å². The zero-order valence-corrected chi connectivity index (χ0v) is 39.6. The quantitative estimate of drug-likeness (QED) is 0.121. The number of fused-ring (bicyclic) bond motifs is 2. The Morgan fingerprint density at radius 1 is 0.746 bits per heavy atom. The van der Waals surface area contributed by atoms with E-state index in [-0.39, 0.29) is 41.9 Å². The molecule has 4 atom stereocenters. The maximum absolute atomic E-state index is 12.4. The predicted molar refractivity (Wildman–Crippen MR) is 236 cm³/mol. The molecule has 20 heteroatoms. The Hall–Kier alpha value is -4.27. The Kier molecular flexibility index (Phi) is 21.4. The summed E-state index contributed by atoms with van der Waals surface area (Å²) >= 11 is 0. The van der Waals surface area contributed by atoms with Gasteiger partial charge in [0, 0.05) is 69.0 Å². The van der Waals surface area contributed by atoms with Gasteiger partial charge in [0.25, 0.3) is 0 Å². The third kappa shape index (κ3) is 23.1. The summed E-state index contributed by atoms with van der Waals surface area (Å²) in [6.45, 7) is 13.7. The zero-order chi connectivity index (χ0) is 49.3. The SMILES string of the molecule is CC(C)(C)OC(=O)C[C@H]1CC[C@H](CCN2CCc3ccc(OCC(F)(F)F)nc3CC2)OC1.CC(C)(C)OC(=O)NC1CC[C@H](CC=O)OC1.FC(F)(F)COc1ccc2c(n1)CCNCC2. The van der Waals surface area contributed by atoms with Gasteiger partial charge >= 0.3 is 24.4 Å². The van der Waals surface area contributed by atoms with Crippen LogP contribution in [0, 0.1) is 5.92 Å². The molecule has 6 rings (SSSR count). The number of alkyl halides is 6. The molecule has 0 aromatic carbocycles. The molecule has 6 heterocycles. The van der Waals surface area contributed by atoms with Gasteiger partial charge in [0.1, 0.15) is 17.5 Å². The number of nitrogens with zero attached hydrogens (tertiary/aromatic N) is 3. The van der Waals surface area contributed by atoms with Gasteiger partial charge in [-0.2, -0.15) is 26.3 Å². The third-order valence-electron chi connectivity index (χ3n) is 10.9. The van der Waals surface area contributed by atoms with Crippen molar-refractivity contribution in [3.05, 3.63) is 46.8 Å². The number of hydrogen-bond acceptors (Lipinski definition) is 13. The van der Waals surface area contributed by atoms with Crippen molar-refractivity contribution in [1.82, 2.24) is 25.5 Å². The second-order valence-electron chi connectivity index (χ2n) is 19.2. The molecule has 2 fully saturated rings. The fourth-order valence-corrected chi connectivity index (χ4v) is 7.70. The second-order valence-corrected chi connectivity index (χ2v) is 19.2. The molecule has 1 unspecified atom stereocenters. The highest BCUT2D eigenvalue weighted by Crippen LogP contribution is 2.27. The van der Waals surface area contributed by atoms with Crippen molar-refractivity contribution < 1.29 is 69.1 Å². The van der Waals surface area contributed by atoms with Crippen molar-refractivity contribution in [2.45, 2.75) is 154 Å². The normalized spacial score (nSPS) is 21.5. The van der Waals surface area contributed by atoms with Crippen LogP contribution in [0.15, 0.2) is 24.3 Å². The number of carbonyl (C=O) groups is 3. The van der Waals surface area contributed by atoms with Crippen LogP contribution in [0.4, 0.5) is 31.1 Å². The van der Waals surface area contributed by atoms with Crippen molar-refractivity contribution >= 4 is 18.3 Å². The zero-order valence-electron chi connectivity index (χ0n) is 39.6. The first-order valence-corrected chi connectivity index (χ1v) is 23.1. The van der Waals surface area contributed by atoms with E-state index >= 15 is 0 Å².